The average molecular weight is 212 g/mol. The van der Waals surface area contributed by atoms with E-state index in [2.05, 4.69) is 30.3 Å². The van der Waals surface area contributed by atoms with E-state index in [0.717, 1.165) is 6.42 Å². The van der Waals surface area contributed by atoms with Crippen LogP contribution in [0.2, 0.25) is 0 Å². The fourth-order valence-corrected chi connectivity index (χ4v) is 1.94. The summed E-state index contributed by atoms with van der Waals surface area (Å²) in [5.41, 5.74) is 1.26. The topological polar surface area (TPSA) is 17.1 Å². The Kier molecular flexibility index (Phi) is 3.04. The summed E-state index contributed by atoms with van der Waals surface area (Å²) < 4.78 is 0. The van der Waals surface area contributed by atoms with Gasteiger partial charge < -0.3 is 0 Å². The van der Waals surface area contributed by atoms with E-state index in [1.165, 1.54) is 16.3 Å². The van der Waals surface area contributed by atoms with E-state index >= 15 is 0 Å². The number of benzene rings is 2. The molecule has 0 radical (unpaired) electrons. The molecule has 2 aromatic rings. The van der Waals surface area contributed by atoms with Crippen LogP contribution in [0.5, 0.6) is 0 Å². The highest BCUT2D eigenvalue weighted by molar-refractivity contribution is 5.86. The second-order valence-corrected chi connectivity index (χ2v) is 4.35. The summed E-state index contributed by atoms with van der Waals surface area (Å²) in [4.78, 5) is 11.3. The molecule has 1 atom stereocenters. The molecule has 0 heterocycles. The third kappa shape index (κ3) is 2.13. The van der Waals surface area contributed by atoms with Crippen molar-refractivity contribution in [1.82, 2.24) is 0 Å². The minimum absolute atomic E-state index is 0.103. The molecule has 0 unspecified atom stereocenters. The van der Waals surface area contributed by atoms with Crippen LogP contribution in [0.15, 0.2) is 42.5 Å². The van der Waals surface area contributed by atoms with Crippen LogP contribution < -0.4 is 0 Å². The van der Waals surface area contributed by atoms with Crippen molar-refractivity contribution in [1.29, 1.82) is 0 Å². The van der Waals surface area contributed by atoms with Gasteiger partial charge in [-0.1, -0.05) is 49.4 Å². The van der Waals surface area contributed by atoms with Gasteiger partial charge in [0, 0.05) is 5.92 Å². The molecule has 0 aliphatic heterocycles. The van der Waals surface area contributed by atoms with E-state index in [0.29, 0.717) is 0 Å². The van der Waals surface area contributed by atoms with Gasteiger partial charge in [0.2, 0.25) is 0 Å². The van der Waals surface area contributed by atoms with E-state index in [-0.39, 0.29) is 11.7 Å². The molecule has 82 valence electrons. The van der Waals surface area contributed by atoms with Crippen molar-refractivity contribution >= 4 is 16.6 Å². The van der Waals surface area contributed by atoms with E-state index in [1.807, 2.05) is 19.1 Å². The predicted molar refractivity (Wildman–Crippen MR) is 67.5 cm³/mol. The first-order chi connectivity index (χ1) is 7.68. The molecule has 0 saturated carbocycles. The van der Waals surface area contributed by atoms with Crippen LogP contribution in [0.1, 0.15) is 19.4 Å². The molecule has 0 saturated heterocycles. The van der Waals surface area contributed by atoms with Crippen molar-refractivity contribution in [2.75, 3.05) is 0 Å². The maximum atomic E-state index is 11.3. The summed E-state index contributed by atoms with van der Waals surface area (Å²) in [5.74, 6) is 0.360. The van der Waals surface area contributed by atoms with E-state index in [4.69, 9.17) is 0 Å². The van der Waals surface area contributed by atoms with Crippen molar-refractivity contribution in [2.24, 2.45) is 5.92 Å². The Morgan fingerprint density at radius 1 is 1.12 bits per heavy atom. The second-order valence-electron chi connectivity index (χ2n) is 4.35. The Morgan fingerprint density at radius 3 is 2.56 bits per heavy atom. The molecule has 0 aliphatic carbocycles. The van der Waals surface area contributed by atoms with Crippen molar-refractivity contribution in [3.05, 3.63) is 48.0 Å². The normalized spacial score (nSPS) is 12.6. The van der Waals surface area contributed by atoms with Crippen molar-refractivity contribution in [2.45, 2.75) is 20.3 Å². The van der Waals surface area contributed by atoms with E-state index in [1.54, 1.807) is 6.92 Å². The molecule has 0 bridgehead atoms. The second kappa shape index (κ2) is 4.48. The highest BCUT2D eigenvalue weighted by Crippen LogP contribution is 2.21. The lowest BCUT2D eigenvalue weighted by Crippen LogP contribution is -2.09. The zero-order valence-corrected chi connectivity index (χ0v) is 9.73. The molecule has 2 aromatic carbocycles. The van der Waals surface area contributed by atoms with Gasteiger partial charge in [-0.05, 0) is 29.7 Å². The zero-order chi connectivity index (χ0) is 11.5. The molecule has 0 aliphatic rings. The first kappa shape index (κ1) is 10.9. The molecular weight excluding hydrogens is 196 g/mol. The van der Waals surface area contributed by atoms with Gasteiger partial charge in [-0.2, -0.15) is 0 Å². The third-order valence-electron chi connectivity index (χ3n) is 3.10. The molecule has 0 spiro atoms. The quantitative estimate of drug-likeness (QED) is 0.759. The fourth-order valence-electron chi connectivity index (χ4n) is 1.94. The Bertz CT molecular complexity index is 508. The average Bonchev–Trinajstić information content (AvgIpc) is 2.29. The minimum Gasteiger partial charge on any atom is -0.300 e. The smallest absolute Gasteiger partial charge is 0.132 e. The van der Waals surface area contributed by atoms with Crippen LogP contribution in [0.3, 0.4) is 0 Å². The molecule has 0 fully saturated rings. The maximum Gasteiger partial charge on any atom is 0.132 e. The third-order valence-corrected chi connectivity index (χ3v) is 3.10. The Hall–Kier alpha value is -1.63. The lowest BCUT2D eigenvalue weighted by Gasteiger charge is -2.10. The monoisotopic (exact) mass is 212 g/mol. The number of Topliss-reactive ketones (excluding diaryl/α,β-unsaturated/α-hetero) is 1. The summed E-state index contributed by atoms with van der Waals surface area (Å²) in [6.07, 6.45) is 0.830. The van der Waals surface area contributed by atoms with Crippen LogP contribution in [0, 0.1) is 5.92 Å². The van der Waals surface area contributed by atoms with Gasteiger partial charge in [-0.3, -0.25) is 4.79 Å². The van der Waals surface area contributed by atoms with E-state index < -0.39 is 0 Å². The van der Waals surface area contributed by atoms with Crippen LogP contribution in [-0.4, -0.2) is 5.78 Å². The van der Waals surface area contributed by atoms with Gasteiger partial charge in [-0.25, -0.2) is 0 Å². The lowest BCUT2D eigenvalue weighted by atomic mass is 9.94. The van der Waals surface area contributed by atoms with Crippen LogP contribution in [-0.2, 0) is 11.2 Å². The van der Waals surface area contributed by atoms with Gasteiger partial charge in [0.15, 0.2) is 0 Å². The summed E-state index contributed by atoms with van der Waals surface area (Å²) in [7, 11) is 0. The molecule has 0 amide bonds. The first-order valence-electron chi connectivity index (χ1n) is 5.65. The molecule has 1 heteroatoms. The number of hydrogen-bond donors (Lipinski definition) is 0. The molecule has 0 aromatic heterocycles. The number of carbonyl (C=O) groups is 1. The summed E-state index contributed by atoms with van der Waals surface area (Å²) >= 11 is 0. The first-order valence-corrected chi connectivity index (χ1v) is 5.65. The van der Waals surface area contributed by atoms with Gasteiger partial charge >= 0.3 is 0 Å². The van der Waals surface area contributed by atoms with Crippen LogP contribution in [0.25, 0.3) is 10.8 Å². The molecular formula is C15H16O. The molecule has 2 rings (SSSR count). The van der Waals surface area contributed by atoms with Gasteiger partial charge in [0.05, 0.1) is 0 Å². The number of fused-ring (bicyclic) bond motifs is 1. The largest absolute Gasteiger partial charge is 0.300 e. The van der Waals surface area contributed by atoms with Gasteiger partial charge in [0.1, 0.15) is 5.78 Å². The SMILES string of the molecule is CC(=O)[C@@H](C)Cc1cccc2ccccc12. The number of hydrogen-bond acceptors (Lipinski definition) is 1. The summed E-state index contributed by atoms with van der Waals surface area (Å²) in [5, 5.41) is 2.51. The highest BCUT2D eigenvalue weighted by Gasteiger charge is 2.10. The molecule has 1 nitrogen and oxygen atoms in total. The van der Waals surface area contributed by atoms with Crippen LogP contribution >= 0.6 is 0 Å². The number of ketones is 1. The minimum atomic E-state index is 0.103. The Morgan fingerprint density at radius 2 is 1.81 bits per heavy atom. The van der Waals surface area contributed by atoms with Crippen LogP contribution in [0.4, 0.5) is 0 Å². The standard InChI is InChI=1S/C15H16O/c1-11(12(2)16)10-14-8-5-7-13-6-3-4-9-15(13)14/h3-9,11H,10H2,1-2H3/t11-/m0/s1. The van der Waals surface area contributed by atoms with Gasteiger partial charge in [-0.15, -0.1) is 0 Å². The van der Waals surface area contributed by atoms with Crippen molar-refractivity contribution in [3.8, 4) is 0 Å². The lowest BCUT2D eigenvalue weighted by molar-refractivity contribution is -0.120. The Labute approximate surface area is 96.1 Å². The number of carbonyl (C=O) groups excluding carboxylic acids is 1. The summed E-state index contributed by atoms with van der Waals surface area (Å²) in [6, 6.07) is 14.6. The van der Waals surface area contributed by atoms with Crippen molar-refractivity contribution in [3.63, 3.8) is 0 Å². The molecule has 16 heavy (non-hydrogen) atoms. The zero-order valence-electron chi connectivity index (χ0n) is 9.73. The Balaban J connectivity index is 2.41. The summed E-state index contributed by atoms with van der Waals surface area (Å²) in [6.45, 7) is 3.65. The van der Waals surface area contributed by atoms with E-state index in [9.17, 15) is 4.79 Å². The van der Waals surface area contributed by atoms with Gasteiger partial charge in [0.25, 0.3) is 0 Å². The fraction of sp³-hybridized carbons (Fsp3) is 0.267. The van der Waals surface area contributed by atoms with Crippen molar-refractivity contribution < 1.29 is 4.79 Å². The molecule has 0 N–H and O–H groups in total. The highest BCUT2D eigenvalue weighted by atomic mass is 16.1. The number of rotatable bonds is 3. The predicted octanol–water partition coefficient (Wildman–Crippen LogP) is 3.61. The maximum absolute atomic E-state index is 11.3.